The molecule has 262 valence electrons. The lowest BCUT2D eigenvalue weighted by molar-refractivity contribution is 1.42. The van der Waals surface area contributed by atoms with Gasteiger partial charge < -0.3 is 0 Å². The summed E-state index contributed by atoms with van der Waals surface area (Å²) in [5.41, 5.74) is 11.4. The van der Waals surface area contributed by atoms with Crippen molar-refractivity contribution < 1.29 is 0 Å². The molecular weight excluding hydrogens is 687 g/mol. The van der Waals surface area contributed by atoms with Crippen LogP contribution in [0.3, 0.4) is 0 Å². The van der Waals surface area contributed by atoms with Crippen molar-refractivity contribution in [2.75, 3.05) is 0 Å². The van der Waals surface area contributed by atoms with Crippen molar-refractivity contribution in [3.63, 3.8) is 0 Å². The van der Waals surface area contributed by atoms with Crippen LogP contribution in [-0.4, -0.2) is 0 Å². The molecule has 0 aliphatic carbocycles. The van der Waals surface area contributed by atoms with Gasteiger partial charge in [0, 0.05) is 0 Å². The maximum Gasteiger partial charge on any atom is 0.0991 e. The molecule has 12 rings (SSSR count). The van der Waals surface area contributed by atoms with Crippen LogP contribution in [0.15, 0.2) is 182 Å². The number of hydrogen-bond acceptors (Lipinski definition) is 1. The largest absolute Gasteiger partial charge is 0.192 e. The van der Waals surface area contributed by atoms with Crippen LogP contribution in [0.2, 0.25) is 0 Å². The van der Waals surface area contributed by atoms with E-state index in [0.717, 1.165) is 22.3 Å². The summed E-state index contributed by atoms with van der Waals surface area (Å²) in [5, 5.41) is 27.9. The number of hydrogen-bond donors (Lipinski definition) is 0. The fourth-order valence-electron chi connectivity index (χ4n) is 10.1. The summed E-state index contributed by atoms with van der Waals surface area (Å²) in [5.74, 6) is 0. The number of nitriles is 1. The van der Waals surface area contributed by atoms with E-state index < -0.39 is 0 Å². The highest BCUT2D eigenvalue weighted by molar-refractivity contribution is 6.45. The summed E-state index contributed by atoms with van der Waals surface area (Å²) >= 11 is 0. The standard InChI is InChI=1S/C56H33N/c1-33-25-26-34(32-57)29-47(33)38-18-10-17-37(30-38)39-27-28-46-52-42(39)21-11-24-45(52)55-50(35-13-4-2-5-14-35)49-31-48-41-20-9-8-19-40(41)43-22-12-23-44(53(43)48)54(49)51(56(46)55)36-15-6-3-7-16-36/h2-31H,1H3. The lowest BCUT2D eigenvalue weighted by atomic mass is 9.84. The van der Waals surface area contributed by atoms with Crippen molar-refractivity contribution >= 4 is 75.4 Å². The first-order valence-electron chi connectivity index (χ1n) is 19.7. The Balaban J connectivity index is 1.27. The number of nitrogens with zero attached hydrogens (tertiary/aromatic N) is 1. The second kappa shape index (κ2) is 12.0. The van der Waals surface area contributed by atoms with Crippen LogP contribution in [0.25, 0.3) is 120 Å². The summed E-state index contributed by atoms with van der Waals surface area (Å²) in [6.07, 6.45) is 0. The molecular formula is C56H33N. The van der Waals surface area contributed by atoms with Gasteiger partial charge in [-0.25, -0.2) is 0 Å². The highest BCUT2D eigenvalue weighted by atomic mass is 14.3. The summed E-state index contributed by atoms with van der Waals surface area (Å²) in [4.78, 5) is 0. The molecule has 0 aliphatic heterocycles. The van der Waals surface area contributed by atoms with Gasteiger partial charge in [-0.15, -0.1) is 0 Å². The minimum absolute atomic E-state index is 0.672. The highest BCUT2D eigenvalue weighted by Crippen LogP contribution is 2.55. The Hall–Kier alpha value is -7.53. The van der Waals surface area contributed by atoms with E-state index in [1.54, 1.807) is 0 Å². The third-order valence-corrected chi connectivity index (χ3v) is 12.5. The normalized spacial score (nSPS) is 11.9. The van der Waals surface area contributed by atoms with Crippen molar-refractivity contribution in [1.82, 2.24) is 0 Å². The zero-order chi connectivity index (χ0) is 37.8. The Morgan fingerprint density at radius 2 is 0.842 bits per heavy atom. The van der Waals surface area contributed by atoms with E-state index in [9.17, 15) is 5.26 Å². The molecule has 0 N–H and O–H groups in total. The molecule has 0 bridgehead atoms. The average molecular weight is 720 g/mol. The van der Waals surface area contributed by atoms with Gasteiger partial charge in [-0.05, 0) is 157 Å². The summed E-state index contributed by atoms with van der Waals surface area (Å²) < 4.78 is 0. The topological polar surface area (TPSA) is 23.8 Å². The Labute approximate surface area is 330 Å². The van der Waals surface area contributed by atoms with Crippen LogP contribution in [0.4, 0.5) is 0 Å². The lowest BCUT2D eigenvalue weighted by Crippen LogP contribution is -1.91. The molecule has 0 radical (unpaired) electrons. The van der Waals surface area contributed by atoms with Crippen LogP contribution in [0, 0.1) is 18.3 Å². The molecule has 0 saturated heterocycles. The number of fused-ring (bicyclic) bond motifs is 8. The van der Waals surface area contributed by atoms with E-state index in [1.807, 2.05) is 18.2 Å². The molecule has 0 saturated carbocycles. The maximum absolute atomic E-state index is 9.70. The predicted octanol–water partition coefficient (Wildman–Crippen LogP) is 15.5. The first kappa shape index (κ1) is 31.8. The van der Waals surface area contributed by atoms with Crippen LogP contribution in [0.5, 0.6) is 0 Å². The zero-order valence-electron chi connectivity index (χ0n) is 31.3. The molecule has 0 fully saturated rings. The second-order valence-electron chi connectivity index (χ2n) is 15.5. The van der Waals surface area contributed by atoms with E-state index in [1.165, 1.54) is 103 Å². The van der Waals surface area contributed by atoms with E-state index in [-0.39, 0.29) is 0 Å². The first-order chi connectivity index (χ1) is 28.2. The second-order valence-corrected chi connectivity index (χ2v) is 15.5. The van der Waals surface area contributed by atoms with Gasteiger partial charge in [0.25, 0.3) is 0 Å². The molecule has 12 aromatic carbocycles. The lowest BCUT2D eigenvalue weighted by Gasteiger charge is -2.19. The number of benzene rings is 10. The highest BCUT2D eigenvalue weighted by Gasteiger charge is 2.27. The summed E-state index contributed by atoms with van der Waals surface area (Å²) in [6, 6.07) is 69.1. The van der Waals surface area contributed by atoms with Crippen molar-refractivity contribution in [2.24, 2.45) is 0 Å². The minimum Gasteiger partial charge on any atom is -0.192 e. The molecule has 0 unspecified atom stereocenters. The Bertz CT molecular complexity index is 3630. The van der Waals surface area contributed by atoms with Crippen LogP contribution >= 0.6 is 0 Å². The monoisotopic (exact) mass is 719 g/mol. The van der Waals surface area contributed by atoms with Crippen molar-refractivity contribution in [2.45, 2.75) is 6.92 Å². The van der Waals surface area contributed by atoms with Crippen molar-refractivity contribution in [3.05, 3.63) is 193 Å². The Morgan fingerprint density at radius 1 is 0.316 bits per heavy atom. The first-order valence-corrected chi connectivity index (χ1v) is 19.7. The van der Waals surface area contributed by atoms with Crippen LogP contribution in [-0.2, 0) is 0 Å². The minimum atomic E-state index is 0.672. The third kappa shape index (κ3) is 4.44. The van der Waals surface area contributed by atoms with E-state index in [4.69, 9.17) is 0 Å². The molecule has 0 amide bonds. The number of aryl methyl sites for hydroxylation is 1. The van der Waals surface area contributed by atoms with Gasteiger partial charge in [-0.3, -0.25) is 0 Å². The van der Waals surface area contributed by atoms with Gasteiger partial charge in [0.15, 0.2) is 0 Å². The molecule has 0 aliphatic rings. The van der Waals surface area contributed by atoms with Crippen LogP contribution < -0.4 is 0 Å². The molecule has 0 aromatic heterocycles. The van der Waals surface area contributed by atoms with Gasteiger partial charge >= 0.3 is 0 Å². The predicted molar refractivity (Wildman–Crippen MR) is 243 cm³/mol. The van der Waals surface area contributed by atoms with Crippen LogP contribution in [0.1, 0.15) is 11.1 Å². The van der Waals surface area contributed by atoms with Gasteiger partial charge in [0.1, 0.15) is 0 Å². The summed E-state index contributed by atoms with van der Waals surface area (Å²) in [6.45, 7) is 2.12. The van der Waals surface area contributed by atoms with Gasteiger partial charge in [0.2, 0.25) is 0 Å². The van der Waals surface area contributed by atoms with Gasteiger partial charge in [-0.1, -0.05) is 158 Å². The molecule has 57 heavy (non-hydrogen) atoms. The SMILES string of the molecule is Cc1ccc(C#N)cc1-c1cccc(-c2ccc3c4c(-c5ccccc5)c5c(cc6c7ccccc7c7cccc5c76)c(-c5ccccc5)c4c4cccc2c43)c1. The van der Waals surface area contributed by atoms with E-state index >= 15 is 0 Å². The van der Waals surface area contributed by atoms with Gasteiger partial charge in [-0.2, -0.15) is 5.26 Å². The molecule has 0 spiro atoms. The Kier molecular flexibility index (Phi) is 6.68. The molecule has 1 nitrogen and oxygen atoms in total. The Morgan fingerprint density at radius 3 is 1.58 bits per heavy atom. The van der Waals surface area contributed by atoms with Crippen molar-refractivity contribution in [1.29, 1.82) is 5.26 Å². The van der Waals surface area contributed by atoms with E-state index in [2.05, 4.69) is 177 Å². The maximum atomic E-state index is 9.70. The molecule has 12 aromatic rings. The fraction of sp³-hybridized carbons (Fsp3) is 0.0179. The molecule has 0 heterocycles. The smallest absolute Gasteiger partial charge is 0.0991 e. The quantitative estimate of drug-likeness (QED) is 0.166. The fourth-order valence-corrected chi connectivity index (χ4v) is 10.1. The zero-order valence-corrected chi connectivity index (χ0v) is 31.3. The van der Waals surface area contributed by atoms with E-state index in [0.29, 0.717) is 5.56 Å². The molecule has 1 heteroatoms. The number of rotatable bonds is 4. The van der Waals surface area contributed by atoms with Gasteiger partial charge in [0.05, 0.1) is 11.6 Å². The van der Waals surface area contributed by atoms with Crippen molar-refractivity contribution in [3.8, 4) is 50.6 Å². The third-order valence-electron chi connectivity index (χ3n) is 12.5. The summed E-state index contributed by atoms with van der Waals surface area (Å²) in [7, 11) is 0. The average Bonchev–Trinajstić information content (AvgIpc) is 3.78. The molecule has 0 atom stereocenters.